The van der Waals surface area contributed by atoms with Gasteiger partial charge < -0.3 is 9.32 Å². The topological polar surface area (TPSA) is 16.4 Å². The van der Waals surface area contributed by atoms with Gasteiger partial charge in [0.15, 0.2) is 0 Å². The highest BCUT2D eigenvalue weighted by molar-refractivity contribution is 7.26. The van der Waals surface area contributed by atoms with Crippen LogP contribution in [0.3, 0.4) is 0 Å². The SMILES string of the molecule is c1ccc(-c2ccc(N(c3ccc4c(c3)sc3ccccc34)c3cccc4sc5ccc6oc7c8ccccc8ccc7c6c5c34)cc2)cc1. The lowest BCUT2D eigenvalue weighted by Gasteiger charge is -2.27. The van der Waals surface area contributed by atoms with Gasteiger partial charge in [0.05, 0.1) is 5.69 Å². The molecule has 3 aromatic heterocycles. The second kappa shape index (κ2) is 10.8. The van der Waals surface area contributed by atoms with Crippen molar-refractivity contribution < 1.29 is 4.42 Å². The molecule has 4 heteroatoms. The summed E-state index contributed by atoms with van der Waals surface area (Å²) in [6, 6.07) is 59.4. The number of benzene rings is 8. The van der Waals surface area contributed by atoms with Crippen molar-refractivity contribution >= 4 is 113 Å². The van der Waals surface area contributed by atoms with Crippen molar-refractivity contribution in [2.75, 3.05) is 4.90 Å². The van der Waals surface area contributed by atoms with Crippen LogP contribution in [0.5, 0.6) is 0 Å². The van der Waals surface area contributed by atoms with E-state index in [-0.39, 0.29) is 0 Å². The van der Waals surface area contributed by atoms with Crippen molar-refractivity contribution in [1.29, 1.82) is 0 Å². The molecule has 50 heavy (non-hydrogen) atoms. The van der Waals surface area contributed by atoms with Crippen LogP contribution in [0.15, 0.2) is 168 Å². The lowest BCUT2D eigenvalue weighted by Crippen LogP contribution is -2.10. The van der Waals surface area contributed by atoms with Gasteiger partial charge in [-0.2, -0.15) is 0 Å². The quantitative estimate of drug-likeness (QED) is 0.185. The lowest BCUT2D eigenvalue weighted by atomic mass is 10.0. The molecule has 8 aromatic carbocycles. The molecule has 0 spiro atoms. The summed E-state index contributed by atoms with van der Waals surface area (Å²) in [5, 5.41) is 9.78. The Morgan fingerprint density at radius 3 is 1.98 bits per heavy atom. The standard InChI is InChI=1S/C46H27NOS2/c1-2-9-28(10-3-1)29-17-20-31(21-18-29)47(32-22-24-35-34-13-6-7-15-39(34)49-42(35)27-32)37-14-8-16-40-44(37)45-41(50-40)26-25-38-43(45)36-23-19-30-11-4-5-12-33(30)46(36)48-38/h1-27H. The van der Waals surface area contributed by atoms with Crippen LogP contribution in [0.25, 0.3) is 84.2 Å². The Hall–Kier alpha value is -5.94. The number of anilines is 3. The predicted octanol–water partition coefficient (Wildman–Crippen LogP) is 14.6. The molecule has 0 aliphatic carbocycles. The van der Waals surface area contributed by atoms with Gasteiger partial charge >= 0.3 is 0 Å². The highest BCUT2D eigenvalue weighted by atomic mass is 32.1. The van der Waals surface area contributed by atoms with Crippen LogP contribution < -0.4 is 4.90 Å². The summed E-state index contributed by atoms with van der Waals surface area (Å²) in [6.07, 6.45) is 0. The fourth-order valence-electron chi connectivity index (χ4n) is 7.79. The highest BCUT2D eigenvalue weighted by Crippen LogP contribution is 2.50. The number of thiophene rings is 2. The Bertz CT molecular complexity index is 3090. The Morgan fingerprint density at radius 1 is 0.400 bits per heavy atom. The van der Waals surface area contributed by atoms with E-state index in [0.717, 1.165) is 39.0 Å². The lowest BCUT2D eigenvalue weighted by molar-refractivity contribution is 0.673. The van der Waals surface area contributed by atoms with Crippen LogP contribution in [0.4, 0.5) is 17.1 Å². The van der Waals surface area contributed by atoms with E-state index in [1.54, 1.807) is 0 Å². The third-order valence-electron chi connectivity index (χ3n) is 10.1. The molecule has 11 aromatic rings. The number of hydrogen-bond acceptors (Lipinski definition) is 4. The van der Waals surface area contributed by atoms with Crippen LogP contribution in [0, 0.1) is 0 Å². The van der Waals surface area contributed by atoms with Gasteiger partial charge in [0.1, 0.15) is 11.2 Å². The molecule has 0 amide bonds. The molecule has 11 rings (SSSR count). The van der Waals surface area contributed by atoms with Crippen molar-refractivity contribution in [3.8, 4) is 11.1 Å². The van der Waals surface area contributed by atoms with E-state index >= 15 is 0 Å². The van der Waals surface area contributed by atoms with Crippen molar-refractivity contribution in [1.82, 2.24) is 0 Å². The summed E-state index contributed by atoms with van der Waals surface area (Å²) in [5.41, 5.74) is 7.70. The maximum Gasteiger partial charge on any atom is 0.143 e. The number of fused-ring (bicyclic) bond motifs is 12. The summed E-state index contributed by atoms with van der Waals surface area (Å²) in [6.45, 7) is 0. The van der Waals surface area contributed by atoms with E-state index in [0.29, 0.717) is 0 Å². The number of hydrogen-bond donors (Lipinski definition) is 0. The van der Waals surface area contributed by atoms with E-state index in [2.05, 4.69) is 169 Å². The predicted molar refractivity (Wildman–Crippen MR) is 217 cm³/mol. The first kappa shape index (κ1) is 28.0. The third kappa shape index (κ3) is 4.13. The molecule has 0 radical (unpaired) electrons. The average molecular weight is 674 g/mol. The van der Waals surface area contributed by atoms with Gasteiger partial charge in [-0.3, -0.25) is 0 Å². The summed E-state index contributed by atoms with van der Waals surface area (Å²) < 4.78 is 11.8. The first-order valence-corrected chi connectivity index (χ1v) is 18.5. The summed E-state index contributed by atoms with van der Waals surface area (Å²) in [7, 11) is 0. The zero-order valence-electron chi connectivity index (χ0n) is 26.8. The van der Waals surface area contributed by atoms with Gasteiger partial charge in [-0.15, -0.1) is 22.7 Å². The van der Waals surface area contributed by atoms with Gasteiger partial charge in [0.25, 0.3) is 0 Å². The molecule has 234 valence electrons. The monoisotopic (exact) mass is 673 g/mol. The molecule has 0 atom stereocenters. The molecular formula is C46H27NOS2. The van der Waals surface area contributed by atoms with Crippen LogP contribution in [-0.2, 0) is 0 Å². The molecule has 0 aliphatic heterocycles. The van der Waals surface area contributed by atoms with Crippen molar-refractivity contribution in [3.63, 3.8) is 0 Å². The summed E-state index contributed by atoms with van der Waals surface area (Å²) >= 11 is 3.71. The molecule has 2 nitrogen and oxygen atoms in total. The molecule has 0 saturated carbocycles. The van der Waals surface area contributed by atoms with Gasteiger partial charge in [-0.1, -0.05) is 103 Å². The van der Waals surface area contributed by atoms with Gasteiger partial charge in [0, 0.05) is 67.9 Å². The smallest absolute Gasteiger partial charge is 0.143 e. The largest absolute Gasteiger partial charge is 0.455 e. The molecule has 0 N–H and O–H groups in total. The fourth-order valence-corrected chi connectivity index (χ4v) is 10.1. The summed E-state index contributed by atoms with van der Waals surface area (Å²) in [5.74, 6) is 0. The second-order valence-electron chi connectivity index (χ2n) is 12.9. The summed E-state index contributed by atoms with van der Waals surface area (Å²) in [4.78, 5) is 2.45. The zero-order valence-corrected chi connectivity index (χ0v) is 28.4. The first-order valence-electron chi connectivity index (χ1n) is 16.8. The molecule has 3 heterocycles. The van der Waals surface area contributed by atoms with Crippen molar-refractivity contribution in [3.05, 3.63) is 164 Å². The number of nitrogens with zero attached hydrogens (tertiary/aromatic N) is 1. The van der Waals surface area contributed by atoms with Crippen LogP contribution in [0.1, 0.15) is 0 Å². The van der Waals surface area contributed by atoms with Crippen LogP contribution in [-0.4, -0.2) is 0 Å². The number of furan rings is 1. The highest BCUT2D eigenvalue weighted by Gasteiger charge is 2.23. The minimum absolute atomic E-state index is 0.920. The third-order valence-corrected chi connectivity index (χ3v) is 12.3. The van der Waals surface area contributed by atoms with E-state index in [1.807, 2.05) is 22.7 Å². The van der Waals surface area contributed by atoms with Crippen molar-refractivity contribution in [2.24, 2.45) is 0 Å². The van der Waals surface area contributed by atoms with E-state index in [9.17, 15) is 0 Å². The Kier molecular flexibility index (Phi) is 6.03. The Balaban J connectivity index is 1.21. The average Bonchev–Trinajstić information content (AvgIpc) is 3.87. The minimum atomic E-state index is 0.920. The second-order valence-corrected chi connectivity index (χ2v) is 15.0. The molecule has 0 unspecified atom stereocenters. The van der Waals surface area contributed by atoms with Gasteiger partial charge in [-0.05, 0) is 77.2 Å². The van der Waals surface area contributed by atoms with E-state index in [1.165, 1.54) is 62.2 Å². The molecular weight excluding hydrogens is 647 g/mol. The molecule has 0 aliphatic rings. The normalized spacial score (nSPS) is 12.0. The van der Waals surface area contributed by atoms with Crippen LogP contribution in [0.2, 0.25) is 0 Å². The zero-order chi connectivity index (χ0) is 32.8. The van der Waals surface area contributed by atoms with E-state index in [4.69, 9.17) is 4.42 Å². The van der Waals surface area contributed by atoms with Gasteiger partial charge in [-0.25, -0.2) is 0 Å². The fraction of sp³-hybridized carbons (Fsp3) is 0. The maximum absolute atomic E-state index is 6.69. The molecule has 0 bridgehead atoms. The van der Waals surface area contributed by atoms with Crippen LogP contribution >= 0.6 is 22.7 Å². The Morgan fingerprint density at radius 2 is 1.08 bits per heavy atom. The number of rotatable bonds is 4. The first-order chi connectivity index (χ1) is 24.8. The molecule has 0 fully saturated rings. The maximum atomic E-state index is 6.69. The molecule has 0 saturated heterocycles. The van der Waals surface area contributed by atoms with Crippen molar-refractivity contribution in [2.45, 2.75) is 0 Å². The van der Waals surface area contributed by atoms with E-state index < -0.39 is 0 Å². The minimum Gasteiger partial charge on any atom is -0.455 e. The Labute approximate surface area is 295 Å². The van der Waals surface area contributed by atoms with Gasteiger partial charge in [0.2, 0.25) is 0 Å².